The van der Waals surface area contributed by atoms with Crippen molar-refractivity contribution in [1.29, 1.82) is 0 Å². The number of benzene rings is 2. The van der Waals surface area contributed by atoms with Crippen LogP contribution in [0.15, 0.2) is 72.1 Å². The van der Waals surface area contributed by atoms with Crippen LogP contribution in [0.25, 0.3) is 16.9 Å². The van der Waals surface area contributed by atoms with Gasteiger partial charge in [-0.05, 0) is 23.8 Å². The molecule has 0 fully saturated rings. The molecule has 30 heavy (non-hydrogen) atoms. The van der Waals surface area contributed by atoms with Crippen molar-refractivity contribution in [1.82, 2.24) is 23.8 Å². The molecule has 0 amide bonds. The van der Waals surface area contributed by atoms with Crippen molar-refractivity contribution in [3.63, 3.8) is 0 Å². The highest BCUT2D eigenvalue weighted by atomic mass is 35.5. The van der Waals surface area contributed by atoms with Gasteiger partial charge in [0.25, 0.3) is 0 Å². The lowest BCUT2D eigenvalue weighted by molar-refractivity contribution is 0.521. The van der Waals surface area contributed by atoms with E-state index in [0.29, 0.717) is 29.2 Å². The molecule has 0 saturated carbocycles. The number of halogens is 1. The predicted octanol–water partition coefficient (Wildman–Crippen LogP) is 3.10. The van der Waals surface area contributed by atoms with Crippen molar-refractivity contribution in [2.45, 2.75) is 11.4 Å². The Morgan fingerprint density at radius 1 is 1.07 bits per heavy atom. The average Bonchev–Trinajstić information content (AvgIpc) is 3.27. The van der Waals surface area contributed by atoms with E-state index in [0.717, 1.165) is 5.56 Å². The normalized spacial score (nSPS) is 11.4. The summed E-state index contributed by atoms with van der Waals surface area (Å²) in [5.41, 5.74) is 1.72. The summed E-state index contributed by atoms with van der Waals surface area (Å²) >= 11 is 0. The van der Waals surface area contributed by atoms with Crippen LogP contribution >= 0.6 is 12.4 Å². The fourth-order valence-corrected chi connectivity index (χ4v) is 3.80. The Bertz CT molecular complexity index is 1250. The van der Waals surface area contributed by atoms with Crippen molar-refractivity contribution in [2.75, 3.05) is 19.4 Å². The molecule has 0 aliphatic heterocycles. The SMILES string of the molecule is CN(C)S(=O)(=O)c1ccc2nc(-n3ccnc3)nc(NCc3ccccc3)c2c1.Cl. The Labute approximate surface area is 181 Å². The maximum atomic E-state index is 12.6. The summed E-state index contributed by atoms with van der Waals surface area (Å²) in [6.45, 7) is 0.543. The third kappa shape index (κ3) is 4.28. The van der Waals surface area contributed by atoms with Crippen LogP contribution in [0.4, 0.5) is 5.82 Å². The van der Waals surface area contributed by atoms with Gasteiger partial charge in [-0.15, -0.1) is 12.4 Å². The van der Waals surface area contributed by atoms with Gasteiger partial charge in [0.05, 0.1) is 10.4 Å². The number of nitrogens with one attached hydrogen (secondary N) is 1. The molecular formula is C20H21ClN6O2S. The van der Waals surface area contributed by atoms with E-state index in [1.54, 1.807) is 41.5 Å². The van der Waals surface area contributed by atoms with Gasteiger partial charge in [-0.2, -0.15) is 4.98 Å². The van der Waals surface area contributed by atoms with E-state index < -0.39 is 10.0 Å². The summed E-state index contributed by atoms with van der Waals surface area (Å²) in [4.78, 5) is 13.4. The third-order valence-corrected chi connectivity index (χ3v) is 6.28. The van der Waals surface area contributed by atoms with E-state index in [9.17, 15) is 8.42 Å². The van der Waals surface area contributed by atoms with E-state index in [-0.39, 0.29) is 17.3 Å². The van der Waals surface area contributed by atoms with Gasteiger partial charge in [-0.25, -0.2) is 22.7 Å². The van der Waals surface area contributed by atoms with Gasteiger partial charge < -0.3 is 5.32 Å². The molecule has 0 saturated heterocycles. The largest absolute Gasteiger partial charge is 0.365 e. The van der Waals surface area contributed by atoms with Crippen molar-refractivity contribution in [3.05, 3.63) is 72.8 Å². The smallest absolute Gasteiger partial charge is 0.242 e. The van der Waals surface area contributed by atoms with Crippen LogP contribution in [0.5, 0.6) is 0 Å². The third-order valence-electron chi connectivity index (χ3n) is 4.47. The molecular weight excluding hydrogens is 424 g/mol. The summed E-state index contributed by atoms with van der Waals surface area (Å²) in [5.74, 6) is 1.01. The van der Waals surface area contributed by atoms with E-state index in [4.69, 9.17) is 0 Å². The molecule has 1 N–H and O–H groups in total. The first-order chi connectivity index (χ1) is 13.9. The number of hydrogen-bond donors (Lipinski definition) is 1. The zero-order valence-corrected chi connectivity index (χ0v) is 18.1. The van der Waals surface area contributed by atoms with E-state index >= 15 is 0 Å². The molecule has 2 heterocycles. The predicted molar refractivity (Wildman–Crippen MR) is 119 cm³/mol. The van der Waals surface area contributed by atoms with Gasteiger partial charge in [0.15, 0.2) is 0 Å². The zero-order valence-electron chi connectivity index (χ0n) is 16.4. The Morgan fingerprint density at radius 3 is 2.50 bits per heavy atom. The van der Waals surface area contributed by atoms with Gasteiger partial charge in [0.2, 0.25) is 16.0 Å². The second-order valence-corrected chi connectivity index (χ2v) is 8.80. The number of fused-ring (bicyclic) bond motifs is 1. The minimum absolute atomic E-state index is 0. The molecule has 0 radical (unpaired) electrons. The Balaban J connectivity index is 0.00000256. The van der Waals surface area contributed by atoms with Crippen LogP contribution < -0.4 is 5.32 Å². The van der Waals surface area contributed by atoms with Gasteiger partial charge >= 0.3 is 0 Å². The quantitative estimate of drug-likeness (QED) is 0.491. The molecule has 2 aromatic heterocycles. The van der Waals surface area contributed by atoms with Crippen LogP contribution in [-0.4, -0.2) is 46.3 Å². The fourth-order valence-electron chi connectivity index (χ4n) is 2.88. The van der Waals surface area contributed by atoms with Crippen molar-refractivity contribution in [3.8, 4) is 5.95 Å². The average molecular weight is 445 g/mol. The minimum Gasteiger partial charge on any atom is -0.365 e. The van der Waals surface area contributed by atoms with Gasteiger partial charge in [0.1, 0.15) is 12.1 Å². The lowest BCUT2D eigenvalue weighted by Crippen LogP contribution is -2.22. The van der Waals surface area contributed by atoms with Crippen molar-refractivity contribution < 1.29 is 8.42 Å². The molecule has 8 nitrogen and oxygen atoms in total. The maximum absolute atomic E-state index is 12.6. The Hall–Kier alpha value is -3.01. The number of sulfonamides is 1. The molecule has 0 aliphatic rings. The molecule has 2 aromatic carbocycles. The molecule has 0 aliphatic carbocycles. The number of hydrogen-bond acceptors (Lipinski definition) is 6. The summed E-state index contributed by atoms with van der Waals surface area (Å²) in [7, 11) is -0.557. The Kier molecular flexibility index (Phi) is 6.35. The van der Waals surface area contributed by atoms with E-state index in [1.807, 2.05) is 30.3 Å². The molecule has 156 valence electrons. The van der Waals surface area contributed by atoms with Crippen LogP contribution in [0.3, 0.4) is 0 Å². The topological polar surface area (TPSA) is 93.0 Å². The van der Waals surface area contributed by atoms with Gasteiger partial charge in [-0.1, -0.05) is 30.3 Å². The first-order valence-electron chi connectivity index (χ1n) is 8.95. The minimum atomic E-state index is -3.57. The first-order valence-corrected chi connectivity index (χ1v) is 10.4. The fraction of sp³-hybridized carbons (Fsp3) is 0.150. The summed E-state index contributed by atoms with van der Waals surface area (Å²) < 4.78 is 28.0. The summed E-state index contributed by atoms with van der Waals surface area (Å²) in [6.07, 6.45) is 5.03. The van der Waals surface area contributed by atoms with E-state index in [2.05, 4.69) is 20.3 Å². The van der Waals surface area contributed by atoms with E-state index in [1.165, 1.54) is 18.4 Å². The summed E-state index contributed by atoms with van der Waals surface area (Å²) in [6, 6.07) is 14.8. The van der Waals surface area contributed by atoms with Crippen LogP contribution in [0.1, 0.15) is 5.56 Å². The maximum Gasteiger partial charge on any atom is 0.242 e. The number of aromatic nitrogens is 4. The molecule has 10 heteroatoms. The standard InChI is InChI=1S/C20H20N6O2S.ClH/c1-25(2)29(27,28)16-8-9-18-17(12-16)19(22-13-15-6-4-3-5-7-15)24-20(23-18)26-11-10-21-14-26;/h3-12,14H,13H2,1-2H3,(H,22,23,24);1H. The number of rotatable bonds is 6. The second-order valence-electron chi connectivity index (χ2n) is 6.65. The highest BCUT2D eigenvalue weighted by molar-refractivity contribution is 7.89. The molecule has 4 aromatic rings. The molecule has 0 spiro atoms. The van der Waals surface area contributed by atoms with Gasteiger partial charge in [0, 0.05) is 38.4 Å². The Morgan fingerprint density at radius 2 is 1.83 bits per heavy atom. The van der Waals surface area contributed by atoms with Gasteiger partial charge in [-0.3, -0.25) is 4.57 Å². The lowest BCUT2D eigenvalue weighted by atomic mass is 10.2. The molecule has 0 unspecified atom stereocenters. The molecule has 0 atom stereocenters. The highest BCUT2D eigenvalue weighted by Gasteiger charge is 2.19. The highest BCUT2D eigenvalue weighted by Crippen LogP contribution is 2.26. The second kappa shape index (κ2) is 8.78. The van der Waals surface area contributed by atoms with Crippen LogP contribution in [-0.2, 0) is 16.6 Å². The zero-order chi connectivity index (χ0) is 20.4. The van der Waals surface area contributed by atoms with Crippen molar-refractivity contribution in [2.24, 2.45) is 0 Å². The van der Waals surface area contributed by atoms with Crippen LogP contribution in [0, 0.1) is 0 Å². The number of nitrogens with zero attached hydrogens (tertiary/aromatic N) is 5. The number of anilines is 1. The monoisotopic (exact) mass is 444 g/mol. The first kappa shape index (κ1) is 21.7. The molecule has 4 rings (SSSR count). The summed E-state index contributed by atoms with van der Waals surface area (Å²) in [5, 5.41) is 3.95. The molecule has 0 bridgehead atoms. The van der Waals surface area contributed by atoms with Crippen molar-refractivity contribution >= 4 is 39.2 Å². The number of imidazole rings is 1. The lowest BCUT2D eigenvalue weighted by Gasteiger charge is -2.14. The van der Waals surface area contributed by atoms with Crippen LogP contribution in [0.2, 0.25) is 0 Å².